The van der Waals surface area contributed by atoms with Gasteiger partial charge in [-0.15, -0.1) is 0 Å². The van der Waals surface area contributed by atoms with E-state index in [-0.39, 0.29) is 81.1 Å². The third kappa shape index (κ3) is 12.7. The van der Waals surface area contributed by atoms with Gasteiger partial charge in [-0.05, 0) is 86.6 Å². The Balaban J connectivity index is 1.28. The van der Waals surface area contributed by atoms with Gasteiger partial charge in [0.25, 0.3) is 23.6 Å². The van der Waals surface area contributed by atoms with Crippen molar-refractivity contribution in [2.24, 2.45) is 20.5 Å². The molecule has 324 valence electrons. The molecule has 0 heterocycles. The number of ketones is 2. The summed E-state index contributed by atoms with van der Waals surface area (Å²) in [6.07, 6.45) is 0. The minimum absolute atomic E-state index is 0.0194. The molecule has 22 heteroatoms. The number of halogens is 7. The topological polar surface area (TPSA) is 209 Å². The van der Waals surface area contributed by atoms with Gasteiger partial charge in [-0.2, -0.15) is 20.5 Å². The van der Waals surface area contributed by atoms with Crippen molar-refractivity contribution < 1.29 is 33.5 Å². The number of anilines is 4. The molecule has 0 aliphatic carbocycles. The SMILES string of the molecule is CC(=O)C(N=Nc1ccc(Cl)c(C(=O)Nc2c(Cl)cccc2Cl)c1)C(=O)Nc1ccc(NC(=O)C(N=Nc2ccc(Cl)c(C(=O)Nc3c(Cl)cccc3Cl)c2)C(C)=O)c(OCCl)c1. The van der Waals surface area contributed by atoms with Gasteiger partial charge >= 0.3 is 0 Å². The number of ether oxygens (including phenoxy) is 1. The van der Waals surface area contributed by atoms with E-state index in [0.29, 0.717) is 0 Å². The van der Waals surface area contributed by atoms with E-state index in [1.165, 1.54) is 78.9 Å². The van der Waals surface area contributed by atoms with Crippen LogP contribution in [0.3, 0.4) is 0 Å². The zero-order valence-electron chi connectivity index (χ0n) is 32.3. The normalized spacial score (nSPS) is 12.1. The highest BCUT2D eigenvalue weighted by atomic mass is 35.5. The summed E-state index contributed by atoms with van der Waals surface area (Å²) in [5, 5.41) is 26.9. The molecule has 0 bridgehead atoms. The Hall–Kier alpha value is -5.65. The molecule has 0 aromatic heterocycles. The molecule has 0 radical (unpaired) electrons. The molecule has 0 saturated carbocycles. The molecule has 63 heavy (non-hydrogen) atoms. The van der Waals surface area contributed by atoms with Crippen molar-refractivity contribution in [1.29, 1.82) is 0 Å². The summed E-state index contributed by atoms with van der Waals surface area (Å²) in [5.41, 5.74) is 0.532. The summed E-state index contributed by atoms with van der Waals surface area (Å²) in [7, 11) is 0. The maximum atomic E-state index is 13.4. The number of rotatable bonds is 16. The third-order valence-electron chi connectivity index (χ3n) is 8.35. The second-order valence-corrected chi connectivity index (χ2v) is 15.5. The predicted molar refractivity (Wildman–Crippen MR) is 245 cm³/mol. The highest BCUT2D eigenvalue weighted by Crippen LogP contribution is 2.34. The first-order valence-corrected chi connectivity index (χ1v) is 20.6. The molecule has 0 spiro atoms. The Kier molecular flexibility index (Phi) is 17.0. The van der Waals surface area contributed by atoms with E-state index in [1.807, 2.05) is 0 Å². The molecule has 5 aromatic rings. The lowest BCUT2D eigenvalue weighted by molar-refractivity contribution is -0.127. The van der Waals surface area contributed by atoms with Gasteiger partial charge in [0.1, 0.15) is 5.75 Å². The quantitative estimate of drug-likeness (QED) is 0.0426. The van der Waals surface area contributed by atoms with E-state index in [0.717, 1.165) is 13.8 Å². The average molecular weight is 994 g/mol. The number of hydrogen-bond acceptors (Lipinski definition) is 11. The van der Waals surface area contributed by atoms with E-state index in [4.69, 9.17) is 85.9 Å². The molecule has 0 saturated heterocycles. The number of carbonyl (C=O) groups excluding carboxylic acids is 6. The summed E-state index contributed by atoms with van der Waals surface area (Å²) in [6, 6.07) is 17.8. The first kappa shape index (κ1) is 48.4. The fourth-order valence-corrected chi connectivity index (χ4v) is 6.78. The van der Waals surface area contributed by atoms with E-state index in [1.54, 1.807) is 12.1 Å². The molecule has 0 aliphatic heterocycles. The number of azo groups is 2. The van der Waals surface area contributed by atoms with Gasteiger partial charge in [-0.3, -0.25) is 28.8 Å². The first-order valence-electron chi connectivity index (χ1n) is 17.8. The Bertz CT molecular complexity index is 2660. The number of alkyl halides is 1. The molecule has 4 N–H and O–H groups in total. The van der Waals surface area contributed by atoms with E-state index >= 15 is 0 Å². The van der Waals surface area contributed by atoms with Crippen molar-refractivity contribution in [3.63, 3.8) is 0 Å². The van der Waals surface area contributed by atoms with Gasteiger partial charge in [-0.25, -0.2) is 0 Å². The highest BCUT2D eigenvalue weighted by molar-refractivity contribution is 6.41. The van der Waals surface area contributed by atoms with Crippen molar-refractivity contribution in [2.45, 2.75) is 25.9 Å². The van der Waals surface area contributed by atoms with Crippen molar-refractivity contribution in [2.75, 3.05) is 27.3 Å². The van der Waals surface area contributed by atoms with Crippen LogP contribution in [0.4, 0.5) is 34.1 Å². The van der Waals surface area contributed by atoms with Crippen molar-refractivity contribution in [3.8, 4) is 5.75 Å². The van der Waals surface area contributed by atoms with Crippen LogP contribution >= 0.6 is 81.2 Å². The molecule has 4 amide bonds. The Morgan fingerprint density at radius 3 is 1.38 bits per heavy atom. The summed E-state index contributed by atoms with van der Waals surface area (Å²) in [4.78, 5) is 78.0. The van der Waals surface area contributed by atoms with Gasteiger partial charge in [0.15, 0.2) is 17.6 Å². The molecule has 5 aromatic carbocycles. The molecule has 2 atom stereocenters. The average Bonchev–Trinajstić information content (AvgIpc) is 3.22. The molecule has 15 nitrogen and oxygen atoms in total. The molecule has 0 fully saturated rings. The zero-order valence-corrected chi connectivity index (χ0v) is 37.6. The predicted octanol–water partition coefficient (Wildman–Crippen LogP) is 12.0. The standard InChI is InChI=1S/C41H29Cl7N8O7/c1-19(57)34(55-53-22-9-12-26(43)24(15-22)38(59)51-36-28(45)5-3-6-29(36)46)40(61)49-21-11-14-32(33(17-21)63-18-42)50-41(62)35(20(2)58)56-54-23-10-13-27(44)25(16-23)39(60)52-37-30(47)7-4-8-31(37)48/h3-17,34-35H,18H2,1-2H3,(H,49,61)(H,50,62)(H,51,59)(H,52,60). The van der Waals surface area contributed by atoms with Crippen LogP contribution in [0, 0.1) is 0 Å². The van der Waals surface area contributed by atoms with Crippen molar-refractivity contribution in [1.82, 2.24) is 0 Å². The van der Waals surface area contributed by atoms with Crippen LogP contribution in [-0.4, -0.2) is 53.3 Å². The number of carbonyl (C=O) groups is 6. The second-order valence-electron chi connectivity index (χ2n) is 12.8. The van der Waals surface area contributed by atoms with Crippen LogP contribution in [0.15, 0.2) is 111 Å². The Morgan fingerprint density at radius 2 is 0.968 bits per heavy atom. The highest BCUT2D eigenvalue weighted by Gasteiger charge is 2.27. The smallest absolute Gasteiger partial charge is 0.258 e. The molecule has 5 rings (SSSR count). The Labute approximate surface area is 393 Å². The monoisotopic (exact) mass is 990 g/mol. The summed E-state index contributed by atoms with van der Waals surface area (Å²) >= 11 is 43.1. The largest absolute Gasteiger partial charge is 0.476 e. The zero-order chi connectivity index (χ0) is 46.0. The van der Waals surface area contributed by atoms with Gasteiger partial charge in [0.2, 0.25) is 12.1 Å². The molecule has 0 aliphatic rings. The lowest BCUT2D eigenvalue weighted by Crippen LogP contribution is -2.32. The van der Waals surface area contributed by atoms with Gasteiger partial charge in [0, 0.05) is 11.8 Å². The molecular formula is C41H29Cl7N8O7. The minimum Gasteiger partial charge on any atom is -0.476 e. The van der Waals surface area contributed by atoms with Crippen molar-refractivity contribution in [3.05, 3.63) is 132 Å². The number of nitrogens with zero attached hydrogens (tertiary/aromatic N) is 4. The van der Waals surface area contributed by atoms with Crippen LogP contribution in [-0.2, 0) is 19.2 Å². The summed E-state index contributed by atoms with van der Waals surface area (Å²) in [6.45, 7) is 2.25. The molecule has 2 unspecified atom stereocenters. The lowest BCUT2D eigenvalue weighted by Gasteiger charge is -2.15. The van der Waals surface area contributed by atoms with Crippen LogP contribution in [0.25, 0.3) is 0 Å². The van der Waals surface area contributed by atoms with Crippen LogP contribution in [0.2, 0.25) is 30.1 Å². The maximum absolute atomic E-state index is 13.4. The van der Waals surface area contributed by atoms with Gasteiger partial charge in [-0.1, -0.05) is 93.3 Å². The van der Waals surface area contributed by atoms with Gasteiger partial charge in [0.05, 0.1) is 69.7 Å². The number of para-hydroxylation sites is 2. The van der Waals surface area contributed by atoms with Crippen LogP contribution < -0.4 is 26.0 Å². The Morgan fingerprint density at radius 1 is 0.540 bits per heavy atom. The van der Waals surface area contributed by atoms with Crippen LogP contribution in [0.5, 0.6) is 5.75 Å². The first-order chi connectivity index (χ1) is 30.0. The van der Waals surface area contributed by atoms with E-state index < -0.39 is 53.3 Å². The minimum atomic E-state index is -1.67. The number of hydrogen-bond donors (Lipinski definition) is 4. The van der Waals surface area contributed by atoms with Gasteiger partial charge < -0.3 is 26.0 Å². The van der Waals surface area contributed by atoms with Crippen LogP contribution in [0.1, 0.15) is 34.6 Å². The maximum Gasteiger partial charge on any atom is 0.258 e. The summed E-state index contributed by atoms with van der Waals surface area (Å²) < 4.78 is 5.46. The molecular weight excluding hydrogens is 965 g/mol. The fraction of sp³-hybridized carbons (Fsp3) is 0.122. The fourth-order valence-electron chi connectivity index (χ4n) is 5.27. The second kappa shape index (κ2) is 22.1. The number of amides is 4. The van der Waals surface area contributed by atoms with E-state index in [9.17, 15) is 28.8 Å². The number of benzene rings is 5. The van der Waals surface area contributed by atoms with E-state index in [2.05, 4.69) is 41.7 Å². The number of nitrogens with one attached hydrogen (secondary N) is 4. The summed E-state index contributed by atoms with van der Waals surface area (Å²) in [5.74, 6) is -4.57. The third-order valence-corrected chi connectivity index (χ3v) is 10.4. The van der Waals surface area contributed by atoms with Crippen molar-refractivity contribution >= 4 is 151 Å². The lowest BCUT2D eigenvalue weighted by atomic mass is 10.1. The number of Topliss-reactive ketones (excluding diaryl/α,β-unsaturated/α-hetero) is 2.